The van der Waals surface area contributed by atoms with Gasteiger partial charge in [0.1, 0.15) is 5.60 Å². The van der Waals surface area contributed by atoms with Gasteiger partial charge < -0.3 is 19.9 Å². The highest BCUT2D eigenvalue weighted by Crippen LogP contribution is 2.31. The van der Waals surface area contributed by atoms with Gasteiger partial charge in [-0.15, -0.1) is 0 Å². The van der Waals surface area contributed by atoms with E-state index in [1.807, 2.05) is 0 Å². The third-order valence-electron chi connectivity index (χ3n) is 5.05. The van der Waals surface area contributed by atoms with E-state index >= 15 is 0 Å². The van der Waals surface area contributed by atoms with Crippen molar-refractivity contribution >= 4 is 17.9 Å². The maximum Gasteiger partial charge on any atom is 0.419 e. The van der Waals surface area contributed by atoms with Crippen LogP contribution in [0.3, 0.4) is 0 Å². The number of hydrogen-bond acceptors (Lipinski definition) is 6. The van der Waals surface area contributed by atoms with Gasteiger partial charge in [0.2, 0.25) is 11.9 Å². The highest BCUT2D eigenvalue weighted by Gasteiger charge is 2.39. The quantitative estimate of drug-likeness (QED) is 0.794. The van der Waals surface area contributed by atoms with Crippen LogP contribution >= 0.6 is 0 Å². The molecule has 1 saturated heterocycles. The molecule has 1 saturated carbocycles. The van der Waals surface area contributed by atoms with E-state index in [9.17, 15) is 22.8 Å². The Morgan fingerprint density at radius 1 is 1.07 bits per heavy atom. The smallest absolute Gasteiger partial charge is 0.419 e. The van der Waals surface area contributed by atoms with Crippen LogP contribution in [0.5, 0.6) is 0 Å². The first-order valence-electron chi connectivity index (χ1n) is 9.85. The molecule has 8 nitrogen and oxygen atoms in total. The number of carbonyl (C=O) groups is 2. The van der Waals surface area contributed by atoms with Crippen molar-refractivity contribution in [2.24, 2.45) is 5.92 Å². The molecule has 0 bridgehead atoms. The van der Waals surface area contributed by atoms with Gasteiger partial charge in [-0.3, -0.25) is 4.79 Å². The Bertz CT molecular complexity index is 765. The molecule has 2 aliphatic rings. The van der Waals surface area contributed by atoms with E-state index in [-0.39, 0.29) is 23.8 Å². The number of nitrogens with zero attached hydrogens (tertiary/aromatic N) is 4. The van der Waals surface area contributed by atoms with Gasteiger partial charge in [0, 0.05) is 50.5 Å². The summed E-state index contributed by atoms with van der Waals surface area (Å²) < 4.78 is 43.1. The minimum Gasteiger partial charge on any atom is -0.444 e. The molecule has 1 aromatic heterocycles. The van der Waals surface area contributed by atoms with Gasteiger partial charge in [-0.2, -0.15) is 13.2 Å². The largest absolute Gasteiger partial charge is 0.444 e. The van der Waals surface area contributed by atoms with Crippen molar-refractivity contribution in [2.75, 3.05) is 31.1 Å². The highest BCUT2D eigenvalue weighted by molar-refractivity contribution is 5.80. The van der Waals surface area contributed by atoms with Gasteiger partial charge in [-0.25, -0.2) is 14.8 Å². The summed E-state index contributed by atoms with van der Waals surface area (Å²) in [4.78, 5) is 35.5. The van der Waals surface area contributed by atoms with Gasteiger partial charge in [0.05, 0.1) is 5.56 Å². The monoisotopic (exact) mass is 429 g/mol. The third kappa shape index (κ3) is 5.51. The van der Waals surface area contributed by atoms with Crippen LogP contribution in [-0.2, 0) is 15.7 Å². The number of halogens is 3. The fourth-order valence-electron chi connectivity index (χ4n) is 3.43. The van der Waals surface area contributed by atoms with E-state index < -0.39 is 23.4 Å². The van der Waals surface area contributed by atoms with E-state index in [1.165, 1.54) is 0 Å². The van der Waals surface area contributed by atoms with Crippen LogP contribution < -0.4 is 10.2 Å². The number of alkyl carbamates (subject to hydrolysis) is 1. The fourth-order valence-corrected chi connectivity index (χ4v) is 3.43. The summed E-state index contributed by atoms with van der Waals surface area (Å²) in [5.74, 6) is 0.115. The number of amides is 2. The Morgan fingerprint density at radius 2 is 1.63 bits per heavy atom. The zero-order valence-corrected chi connectivity index (χ0v) is 17.2. The summed E-state index contributed by atoms with van der Waals surface area (Å²) in [5, 5.41) is 2.77. The minimum absolute atomic E-state index is 0.0326. The van der Waals surface area contributed by atoms with E-state index in [0.29, 0.717) is 39.0 Å². The normalized spacial score (nSPS) is 22.3. The van der Waals surface area contributed by atoms with E-state index in [4.69, 9.17) is 4.74 Å². The Labute approximate surface area is 172 Å². The average Bonchev–Trinajstić information content (AvgIpc) is 2.62. The summed E-state index contributed by atoms with van der Waals surface area (Å²) >= 11 is 0. The molecule has 1 aliphatic carbocycles. The number of anilines is 1. The first-order chi connectivity index (χ1) is 13.9. The van der Waals surface area contributed by atoms with E-state index in [1.54, 1.807) is 30.6 Å². The van der Waals surface area contributed by atoms with Crippen molar-refractivity contribution in [2.45, 2.75) is 51.4 Å². The molecule has 1 N–H and O–H groups in total. The van der Waals surface area contributed by atoms with E-state index in [2.05, 4.69) is 15.3 Å². The van der Waals surface area contributed by atoms with Crippen LogP contribution in [0.1, 0.15) is 39.2 Å². The lowest BCUT2D eigenvalue weighted by atomic mass is 9.79. The van der Waals surface area contributed by atoms with Crippen LogP contribution in [0, 0.1) is 5.92 Å². The molecular formula is C19H26F3N5O3. The van der Waals surface area contributed by atoms with Crippen molar-refractivity contribution in [3.63, 3.8) is 0 Å². The van der Waals surface area contributed by atoms with Crippen molar-refractivity contribution in [3.8, 4) is 0 Å². The summed E-state index contributed by atoms with van der Waals surface area (Å²) in [6.07, 6.45) is -2.27. The number of carbonyl (C=O) groups excluding carboxylic acids is 2. The molecule has 0 atom stereocenters. The van der Waals surface area contributed by atoms with Gasteiger partial charge in [-0.05, 0) is 33.6 Å². The second kappa shape index (κ2) is 8.27. The van der Waals surface area contributed by atoms with Gasteiger partial charge in [0.25, 0.3) is 0 Å². The zero-order chi connectivity index (χ0) is 22.1. The maximum atomic E-state index is 12.6. The molecule has 2 amide bonds. The highest BCUT2D eigenvalue weighted by atomic mass is 19.4. The topological polar surface area (TPSA) is 87.7 Å². The standard InChI is InChI=1S/C19H26F3N5O3/c1-18(2,3)30-17(29)25-14-8-12(9-14)15(28)26-4-6-27(7-5-26)16-23-10-13(11-24-16)19(20,21)22/h10-12,14H,4-9H2,1-3H3,(H,25,29). The predicted octanol–water partition coefficient (Wildman–Crippen LogP) is 2.45. The number of aromatic nitrogens is 2. The Morgan fingerprint density at radius 3 is 2.13 bits per heavy atom. The lowest BCUT2D eigenvalue weighted by Crippen LogP contribution is -2.55. The van der Waals surface area contributed by atoms with Crippen molar-refractivity contribution in [1.29, 1.82) is 0 Å². The van der Waals surface area contributed by atoms with Crippen LogP contribution in [0.4, 0.5) is 23.9 Å². The van der Waals surface area contributed by atoms with Crippen LogP contribution in [-0.4, -0.2) is 64.7 Å². The van der Waals surface area contributed by atoms with Gasteiger partial charge >= 0.3 is 12.3 Å². The maximum absolute atomic E-state index is 12.6. The number of piperazine rings is 1. The minimum atomic E-state index is -4.47. The first kappa shape index (κ1) is 22.1. The molecule has 1 aromatic rings. The molecule has 0 aromatic carbocycles. The SMILES string of the molecule is CC(C)(C)OC(=O)NC1CC(C(=O)N2CCN(c3ncc(C(F)(F)F)cn3)CC2)C1. The molecule has 3 rings (SSSR count). The lowest BCUT2D eigenvalue weighted by molar-refractivity contribution is -0.139. The Hall–Kier alpha value is -2.59. The van der Waals surface area contributed by atoms with Gasteiger partial charge in [-0.1, -0.05) is 0 Å². The molecule has 11 heteroatoms. The lowest BCUT2D eigenvalue weighted by Gasteiger charge is -2.41. The van der Waals surface area contributed by atoms with E-state index in [0.717, 1.165) is 12.4 Å². The molecule has 166 valence electrons. The number of rotatable bonds is 3. The molecule has 30 heavy (non-hydrogen) atoms. The molecule has 0 unspecified atom stereocenters. The molecular weight excluding hydrogens is 403 g/mol. The molecule has 2 heterocycles. The Balaban J connectivity index is 1.42. The first-order valence-corrected chi connectivity index (χ1v) is 9.85. The second-order valence-corrected chi connectivity index (χ2v) is 8.59. The third-order valence-corrected chi connectivity index (χ3v) is 5.05. The number of alkyl halides is 3. The van der Waals surface area contributed by atoms with Crippen molar-refractivity contribution in [1.82, 2.24) is 20.2 Å². The molecule has 0 spiro atoms. The van der Waals surface area contributed by atoms with Gasteiger partial charge in [0.15, 0.2) is 0 Å². The molecule has 2 fully saturated rings. The second-order valence-electron chi connectivity index (χ2n) is 8.59. The summed E-state index contributed by atoms with van der Waals surface area (Å²) in [6.45, 7) is 7.15. The fraction of sp³-hybridized carbons (Fsp3) is 0.684. The molecule has 0 radical (unpaired) electrons. The summed E-state index contributed by atoms with van der Waals surface area (Å²) in [5.41, 5.74) is -1.46. The number of hydrogen-bond donors (Lipinski definition) is 1. The predicted molar refractivity (Wildman–Crippen MR) is 102 cm³/mol. The zero-order valence-electron chi connectivity index (χ0n) is 17.2. The van der Waals surface area contributed by atoms with Crippen LogP contribution in [0.25, 0.3) is 0 Å². The average molecular weight is 429 g/mol. The number of nitrogens with one attached hydrogen (secondary N) is 1. The summed E-state index contributed by atoms with van der Waals surface area (Å²) in [7, 11) is 0. The summed E-state index contributed by atoms with van der Waals surface area (Å²) in [6, 6.07) is -0.0735. The Kier molecular flexibility index (Phi) is 6.09. The van der Waals surface area contributed by atoms with Crippen LogP contribution in [0.15, 0.2) is 12.4 Å². The van der Waals surface area contributed by atoms with Crippen molar-refractivity contribution in [3.05, 3.63) is 18.0 Å². The van der Waals surface area contributed by atoms with Crippen molar-refractivity contribution < 1.29 is 27.5 Å². The molecule has 1 aliphatic heterocycles. The number of ether oxygens (including phenoxy) is 1. The van der Waals surface area contributed by atoms with Crippen LogP contribution in [0.2, 0.25) is 0 Å².